The molecule has 2 rings (SSSR count). The molecule has 2 aromatic rings. The highest BCUT2D eigenvalue weighted by atomic mass is 16.5. The second-order valence-electron chi connectivity index (χ2n) is 8.86. The lowest BCUT2D eigenvalue weighted by atomic mass is 10.1. The minimum absolute atomic E-state index is 0.165. The van der Waals surface area contributed by atoms with Crippen LogP contribution in [0.5, 0.6) is 17.2 Å². The van der Waals surface area contributed by atoms with Gasteiger partial charge in [0, 0.05) is 0 Å². The molecule has 0 unspecified atom stereocenters. The van der Waals surface area contributed by atoms with Gasteiger partial charge in [0.15, 0.2) is 0 Å². The van der Waals surface area contributed by atoms with Crippen LogP contribution in [0.4, 0.5) is 0 Å². The first kappa shape index (κ1) is 27.5. The van der Waals surface area contributed by atoms with E-state index in [0.29, 0.717) is 17.9 Å². The van der Waals surface area contributed by atoms with Crippen molar-refractivity contribution in [2.45, 2.75) is 90.6 Å². The molecule has 0 fully saturated rings. The number of hydrogen-bond acceptors (Lipinski definition) is 4. The van der Waals surface area contributed by atoms with Gasteiger partial charge in [0.25, 0.3) is 0 Å². The molecule has 2 aromatic carbocycles. The zero-order valence-corrected chi connectivity index (χ0v) is 21.1. The Labute approximate surface area is 206 Å². The van der Waals surface area contributed by atoms with Crippen molar-refractivity contribution < 1.29 is 19.0 Å². The smallest absolute Gasteiger partial charge is 0.343 e. The first-order valence-electron chi connectivity index (χ1n) is 12.9. The Morgan fingerprint density at radius 1 is 0.824 bits per heavy atom. The van der Waals surface area contributed by atoms with Crippen molar-refractivity contribution in [3.8, 4) is 17.2 Å². The molecular weight excluding hydrogens is 424 g/mol. The monoisotopic (exact) mass is 466 g/mol. The molecule has 0 bridgehead atoms. The van der Waals surface area contributed by atoms with Gasteiger partial charge in [-0.25, -0.2) is 4.79 Å². The van der Waals surface area contributed by atoms with Crippen molar-refractivity contribution in [2.24, 2.45) is 0 Å². The molecule has 4 heteroatoms. The summed E-state index contributed by atoms with van der Waals surface area (Å²) in [4.78, 5) is 12.5. The van der Waals surface area contributed by atoms with Crippen LogP contribution in [0.2, 0.25) is 0 Å². The summed E-state index contributed by atoms with van der Waals surface area (Å²) >= 11 is 0. The van der Waals surface area contributed by atoms with E-state index >= 15 is 0 Å². The molecule has 0 aliphatic heterocycles. The molecule has 0 aromatic heterocycles. The Hall–Kier alpha value is -2.75. The first-order valence-corrected chi connectivity index (χ1v) is 12.9. The number of ether oxygens (including phenoxy) is 3. The molecule has 0 heterocycles. The maximum Gasteiger partial charge on any atom is 0.343 e. The maximum absolute atomic E-state index is 12.5. The number of esters is 1. The summed E-state index contributed by atoms with van der Waals surface area (Å²) in [6, 6.07) is 14.4. The van der Waals surface area contributed by atoms with Crippen LogP contribution in [0.15, 0.2) is 61.2 Å². The number of allylic oxidation sites excluding steroid dienone is 1. The fourth-order valence-corrected chi connectivity index (χ4v) is 3.70. The molecular formula is C30H42O4. The van der Waals surface area contributed by atoms with Gasteiger partial charge in [0.1, 0.15) is 17.2 Å². The summed E-state index contributed by atoms with van der Waals surface area (Å²) in [5, 5.41) is 0. The van der Waals surface area contributed by atoms with E-state index in [-0.39, 0.29) is 12.1 Å². The Morgan fingerprint density at radius 3 is 2.15 bits per heavy atom. The van der Waals surface area contributed by atoms with Crippen molar-refractivity contribution in [1.82, 2.24) is 0 Å². The van der Waals surface area contributed by atoms with Crippen LogP contribution in [-0.4, -0.2) is 18.7 Å². The minimum atomic E-state index is -0.385. The first-order chi connectivity index (χ1) is 16.6. The van der Waals surface area contributed by atoms with E-state index in [1.54, 1.807) is 24.3 Å². The molecule has 0 aliphatic rings. The largest absolute Gasteiger partial charge is 0.494 e. The number of benzene rings is 2. The number of carbonyl (C=O) groups is 1. The van der Waals surface area contributed by atoms with Crippen molar-refractivity contribution in [1.29, 1.82) is 0 Å². The minimum Gasteiger partial charge on any atom is -0.494 e. The van der Waals surface area contributed by atoms with Crippen LogP contribution in [0.3, 0.4) is 0 Å². The summed E-state index contributed by atoms with van der Waals surface area (Å²) in [5.41, 5.74) is 0.497. The number of unbranched alkanes of at least 4 members (excludes halogenated alkanes) is 8. The third kappa shape index (κ3) is 11.4. The molecule has 1 atom stereocenters. The zero-order valence-electron chi connectivity index (χ0n) is 21.1. The fraction of sp³-hybridized carbons (Fsp3) is 0.500. The molecule has 186 valence electrons. The molecule has 0 aliphatic carbocycles. The standard InChI is InChI=1S/C30H42O4/c1-4-6-8-10-11-12-14-24-32-27-20-22-29(23-21-27)34-30(31)26-16-18-28(19-17-26)33-25(3)15-13-9-7-5-2/h4,16-23,25H,1,5-15,24H2,2-3H3/t25-/m0/s1. The van der Waals surface area contributed by atoms with Gasteiger partial charge in [0.05, 0.1) is 18.3 Å². The normalized spacial score (nSPS) is 11.6. The summed E-state index contributed by atoms with van der Waals surface area (Å²) < 4.78 is 17.2. The van der Waals surface area contributed by atoms with Crippen molar-refractivity contribution in [3.05, 3.63) is 66.7 Å². The van der Waals surface area contributed by atoms with Gasteiger partial charge < -0.3 is 14.2 Å². The van der Waals surface area contributed by atoms with Crippen LogP contribution in [0.1, 0.15) is 94.8 Å². The second kappa shape index (κ2) is 16.8. The van der Waals surface area contributed by atoms with Crippen LogP contribution in [-0.2, 0) is 0 Å². The lowest BCUT2D eigenvalue weighted by molar-refractivity contribution is 0.0734. The fourth-order valence-electron chi connectivity index (χ4n) is 3.70. The molecule has 0 spiro atoms. The van der Waals surface area contributed by atoms with E-state index in [1.165, 1.54) is 51.4 Å². The summed E-state index contributed by atoms with van der Waals surface area (Å²) in [7, 11) is 0. The van der Waals surface area contributed by atoms with E-state index in [2.05, 4.69) is 20.4 Å². The van der Waals surface area contributed by atoms with E-state index in [9.17, 15) is 4.79 Å². The molecule has 0 amide bonds. The lowest BCUT2D eigenvalue weighted by Crippen LogP contribution is -2.12. The van der Waals surface area contributed by atoms with E-state index < -0.39 is 0 Å². The van der Waals surface area contributed by atoms with Gasteiger partial charge in [-0.05, 0) is 87.6 Å². The van der Waals surface area contributed by atoms with Crippen molar-refractivity contribution in [2.75, 3.05) is 6.61 Å². The van der Waals surface area contributed by atoms with Crippen LogP contribution in [0, 0.1) is 0 Å². The van der Waals surface area contributed by atoms with Gasteiger partial charge in [-0.2, -0.15) is 0 Å². The molecule has 0 N–H and O–H groups in total. The summed E-state index contributed by atoms with van der Waals surface area (Å²) in [6.45, 7) is 8.76. The molecule has 0 saturated heterocycles. The Morgan fingerprint density at radius 2 is 1.44 bits per heavy atom. The molecule has 0 saturated carbocycles. The third-order valence-corrected chi connectivity index (χ3v) is 5.75. The Balaban J connectivity index is 1.69. The molecule has 0 radical (unpaired) electrons. The number of rotatable bonds is 18. The summed E-state index contributed by atoms with van der Waals surface area (Å²) in [5.74, 6) is 1.68. The van der Waals surface area contributed by atoms with Gasteiger partial charge in [-0.1, -0.05) is 51.5 Å². The predicted molar refractivity (Wildman–Crippen MR) is 140 cm³/mol. The predicted octanol–water partition coefficient (Wildman–Crippen LogP) is 8.55. The van der Waals surface area contributed by atoms with Crippen LogP contribution < -0.4 is 14.2 Å². The highest BCUT2D eigenvalue weighted by Crippen LogP contribution is 2.21. The summed E-state index contributed by atoms with van der Waals surface area (Å²) in [6.07, 6.45) is 15.2. The highest BCUT2D eigenvalue weighted by Gasteiger charge is 2.10. The van der Waals surface area contributed by atoms with Gasteiger partial charge in [-0.15, -0.1) is 6.58 Å². The third-order valence-electron chi connectivity index (χ3n) is 5.75. The average Bonchev–Trinajstić information content (AvgIpc) is 2.85. The SMILES string of the molecule is C=CCCCCCCCOc1ccc(OC(=O)c2ccc(O[C@@H](C)CCCCCC)cc2)cc1. The van der Waals surface area contributed by atoms with Gasteiger partial charge >= 0.3 is 5.97 Å². The number of hydrogen-bond donors (Lipinski definition) is 0. The van der Waals surface area contributed by atoms with Gasteiger partial charge in [-0.3, -0.25) is 0 Å². The van der Waals surface area contributed by atoms with Crippen molar-refractivity contribution in [3.63, 3.8) is 0 Å². The highest BCUT2D eigenvalue weighted by molar-refractivity contribution is 5.91. The Bertz CT molecular complexity index is 811. The average molecular weight is 467 g/mol. The van der Waals surface area contributed by atoms with Crippen LogP contribution >= 0.6 is 0 Å². The zero-order chi connectivity index (χ0) is 24.4. The van der Waals surface area contributed by atoms with Crippen LogP contribution in [0.25, 0.3) is 0 Å². The van der Waals surface area contributed by atoms with Gasteiger partial charge in [0.2, 0.25) is 0 Å². The van der Waals surface area contributed by atoms with E-state index in [4.69, 9.17) is 14.2 Å². The van der Waals surface area contributed by atoms with E-state index in [0.717, 1.165) is 30.8 Å². The molecule has 4 nitrogen and oxygen atoms in total. The maximum atomic E-state index is 12.5. The second-order valence-corrected chi connectivity index (χ2v) is 8.86. The lowest BCUT2D eigenvalue weighted by Gasteiger charge is -2.14. The topological polar surface area (TPSA) is 44.8 Å². The Kier molecular flexibility index (Phi) is 13.6. The van der Waals surface area contributed by atoms with E-state index in [1.807, 2.05) is 30.3 Å². The quantitative estimate of drug-likeness (QED) is 0.0955. The van der Waals surface area contributed by atoms with Crippen molar-refractivity contribution >= 4 is 5.97 Å². The number of carbonyl (C=O) groups excluding carboxylic acids is 1. The molecule has 34 heavy (non-hydrogen) atoms.